The number of benzene rings is 1. The number of amidine groups is 1. The van der Waals surface area contributed by atoms with E-state index in [4.69, 9.17) is 16.3 Å². The van der Waals surface area contributed by atoms with Crippen molar-refractivity contribution in [3.05, 3.63) is 23.2 Å². The van der Waals surface area contributed by atoms with E-state index in [9.17, 15) is 19.5 Å². The predicted molar refractivity (Wildman–Crippen MR) is 96.5 cm³/mol. The number of hydrogen-bond donors (Lipinski definition) is 2. The second-order valence-electron chi connectivity index (χ2n) is 5.93. The molecule has 1 saturated heterocycles. The van der Waals surface area contributed by atoms with Gasteiger partial charge in [-0.25, -0.2) is 19.5 Å². The van der Waals surface area contributed by atoms with Crippen molar-refractivity contribution in [2.75, 3.05) is 33.1 Å². The summed E-state index contributed by atoms with van der Waals surface area (Å²) >= 11 is 6.02. The van der Waals surface area contributed by atoms with Crippen LogP contribution in [0.4, 0.5) is 10.5 Å². The normalized spacial score (nSPS) is 19.3. The number of fused-ring (bicyclic) bond motifs is 1. The van der Waals surface area contributed by atoms with Gasteiger partial charge in [-0.15, -0.1) is 0 Å². The van der Waals surface area contributed by atoms with Gasteiger partial charge in [0.05, 0.1) is 7.11 Å². The van der Waals surface area contributed by atoms with Crippen molar-refractivity contribution in [3.8, 4) is 5.75 Å². The van der Waals surface area contributed by atoms with Gasteiger partial charge in [0.2, 0.25) is 11.9 Å². The van der Waals surface area contributed by atoms with Gasteiger partial charge in [-0.1, -0.05) is 16.6 Å². The smallest absolute Gasteiger partial charge is 0.395 e. The molecule has 2 aliphatic heterocycles. The van der Waals surface area contributed by atoms with Crippen LogP contribution in [-0.2, 0) is 9.59 Å². The Hall–Kier alpha value is -3.14. The molecular weight excluding hydrogens is 378 g/mol. The zero-order valence-corrected chi connectivity index (χ0v) is 15.5. The van der Waals surface area contributed by atoms with Crippen molar-refractivity contribution in [2.24, 2.45) is 4.99 Å². The lowest BCUT2D eigenvalue weighted by Crippen LogP contribution is -2.61. The van der Waals surface area contributed by atoms with Crippen molar-refractivity contribution in [1.82, 2.24) is 9.80 Å². The molecule has 0 saturated carbocycles. The summed E-state index contributed by atoms with van der Waals surface area (Å²) < 4.78 is 6.54. The lowest BCUT2D eigenvalue weighted by molar-refractivity contribution is -0.525. The largest absolute Gasteiger partial charge is 0.493 e. The number of nitrogens with zero attached hydrogens (tertiary/aromatic N) is 4. The number of guanidine groups is 1. The third-order valence-corrected chi connectivity index (χ3v) is 4.48. The van der Waals surface area contributed by atoms with E-state index in [1.54, 1.807) is 18.2 Å². The maximum atomic E-state index is 12.6. The summed E-state index contributed by atoms with van der Waals surface area (Å²) in [5, 5.41) is 12.7. The Kier molecular flexibility index (Phi) is 4.75. The van der Waals surface area contributed by atoms with Crippen LogP contribution in [0, 0.1) is 0 Å². The molecule has 1 aromatic rings. The Morgan fingerprint density at radius 2 is 2.07 bits per heavy atom. The molecule has 1 aromatic carbocycles. The molecule has 3 amide bonds. The molecular formula is C16H17ClN5O5+. The van der Waals surface area contributed by atoms with Gasteiger partial charge in [-0.05, 0) is 18.2 Å². The molecule has 0 bridgehead atoms. The van der Waals surface area contributed by atoms with E-state index in [0.29, 0.717) is 16.5 Å². The number of carbonyl (C=O) groups excluding carboxylic acids is 2. The number of likely N-dealkylation sites (N-methyl/N-ethyl adjacent to an activating group) is 2. The van der Waals surface area contributed by atoms with Crippen molar-refractivity contribution in [1.29, 1.82) is 0 Å². The molecule has 10 nitrogen and oxygen atoms in total. The maximum Gasteiger partial charge on any atom is 0.395 e. The zero-order valence-electron chi connectivity index (χ0n) is 14.8. The molecule has 1 atom stereocenters. The van der Waals surface area contributed by atoms with Crippen LogP contribution in [0.5, 0.6) is 5.75 Å². The van der Waals surface area contributed by atoms with E-state index in [1.165, 1.54) is 30.7 Å². The Morgan fingerprint density at radius 1 is 1.37 bits per heavy atom. The highest BCUT2D eigenvalue weighted by atomic mass is 35.5. The number of urea groups is 1. The van der Waals surface area contributed by atoms with E-state index in [0.717, 1.165) is 4.90 Å². The van der Waals surface area contributed by atoms with Gasteiger partial charge in [0, 0.05) is 19.1 Å². The van der Waals surface area contributed by atoms with Gasteiger partial charge < -0.3 is 9.84 Å². The average molecular weight is 395 g/mol. The minimum Gasteiger partial charge on any atom is -0.493 e. The number of anilines is 1. The molecule has 11 heteroatoms. The number of carboxylic acids is 1. The number of halogens is 1. The summed E-state index contributed by atoms with van der Waals surface area (Å²) in [5.74, 6) is -1.02. The SMILES string of the molecule is COc1ccc(Cl)cc1NC1=[N+](CC(=O)O)C2C(=O)N(C)C(=O)N(C)C2=N1. The highest BCUT2D eigenvalue weighted by Gasteiger charge is 2.52. The number of carbonyl (C=O) groups is 3. The first-order chi connectivity index (χ1) is 12.7. The van der Waals surface area contributed by atoms with E-state index in [2.05, 4.69) is 10.3 Å². The number of rotatable bonds is 4. The highest BCUT2D eigenvalue weighted by Crippen LogP contribution is 2.29. The van der Waals surface area contributed by atoms with Crippen LogP contribution in [0.2, 0.25) is 5.02 Å². The summed E-state index contributed by atoms with van der Waals surface area (Å²) in [7, 11) is 4.28. The van der Waals surface area contributed by atoms with Crippen LogP contribution in [0.15, 0.2) is 23.2 Å². The molecule has 2 N–H and O–H groups in total. The Balaban J connectivity index is 2.08. The number of nitrogens with one attached hydrogen (secondary N) is 1. The van der Waals surface area contributed by atoms with Crippen molar-refractivity contribution < 1.29 is 28.8 Å². The molecule has 1 unspecified atom stereocenters. The molecule has 0 aromatic heterocycles. The van der Waals surface area contributed by atoms with Crippen molar-refractivity contribution >= 4 is 47.0 Å². The predicted octanol–water partition coefficient (Wildman–Crippen LogP) is 0.518. The molecule has 27 heavy (non-hydrogen) atoms. The second kappa shape index (κ2) is 6.88. The number of methoxy groups -OCH3 is 1. The Morgan fingerprint density at radius 3 is 2.70 bits per heavy atom. The van der Waals surface area contributed by atoms with Crippen LogP contribution >= 0.6 is 11.6 Å². The van der Waals surface area contributed by atoms with E-state index in [1.807, 2.05) is 0 Å². The Labute approximate surface area is 159 Å². The van der Waals surface area contributed by atoms with Crippen molar-refractivity contribution in [2.45, 2.75) is 6.04 Å². The molecule has 0 radical (unpaired) electrons. The van der Waals surface area contributed by atoms with Gasteiger partial charge in [0.15, 0.2) is 12.3 Å². The first kappa shape index (κ1) is 18.6. The van der Waals surface area contributed by atoms with Gasteiger partial charge in [0.25, 0.3) is 5.91 Å². The third kappa shape index (κ3) is 3.19. The number of imide groups is 1. The van der Waals surface area contributed by atoms with E-state index in [-0.39, 0.29) is 11.8 Å². The molecule has 3 rings (SSSR count). The van der Waals surface area contributed by atoms with Crippen molar-refractivity contribution in [3.63, 3.8) is 0 Å². The fourth-order valence-corrected chi connectivity index (χ4v) is 3.08. The Bertz CT molecular complexity index is 912. The van der Waals surface area contributed by atoms with Gasteiger partial charge in [-0.2, -0.15) is 0 Å². The average Bonchev–Trinajstić information content (AvgIpc) is 2.96. The summed E-state index contributed by atoms with van der Waals surface area (Å²) in [4.78, 5) is 42.6. The van der Waals surface area contributed by atoms with Crippen LogP contribution in [0.25, 0.3) is 0 Å². The second-order valence-corrected chi connectivity index (χ2v) is 6.36. The number of amides is 3. The molecule has 0 spiro atoms. The number of aliphatic imine (C=N–C) groups is 1. The lowest BCUT2D eigenvalue weighted by atomic mass is 10.1. The summed E-state index contributed by atoms with van der Waals surface area (Å²) in [6.45, 7) is -0.496. The maximum absolute atomic E-state index is 12.6. The van der Waals surface area contributed by atoms with E-state index >= 15 is 0 Å². The first-order valence-electron chi connectivity index (χ1n) is 7.84. The molecule has 1 fully saturated rings. The molecule has 2 aliphatic rings. The summed E-state index contributed by atoms with van der Waals surface area (Å²) in [6, 6.07) is 3.28. The van der Waals surface area contributed by atoms with Crippen LogP contribution in [0.1, 0.15) is 0 Å². The fraction of sp³-hybridized carbons (Fsp3) is 0.312. The minimum atomic E-state index is -1.15. The van der Waals surface area contributed by atoms with E-state index < -0.39 is 30.5 Å². The topological polar surface area (TPSA) is 115 Å². The standard InChI is InChI=1S/C16H16ClN5O5/c1-20-13-12(14(25)21(2)16(20)26)22(7-11(23)24)15(19-13)18-9-6-8(17)4-5-10(9)27-3/h4-6,12H,7H2,1-3H3,(H,23,24)/p+1. The molecule has 2 heterocycles. The van der Waals surface area contributed by atoms with Gasteiger partial charge in [0.1, 0.15) is 5.69 Å². The molecule has 0 aliphatic carbocycles. The number of hydrogen-bond acceptors (Lipinski definition) is 6. The number of ether oxygens (including phenoxy) is 1. The molecule has 142 valence electrons. The lowest BCUT2D eigenvalue weighted by Gasteiger charge is -2.31. The number of aliphatic carboxylic acids is 1. The third-order valence-electron chi connectivity index (χ3n) is 4.24. The quantitative estimate of drug-likeness (QED) is 0.719. The fourth-order valence-electron chi connectivity index (χ4n) is 2.91. The van der Waals surface area contributed by atoms with Crippen LogP contribution in [-0.4, -0.2) is 83.0 Å². The van der Waals surface area contributed by atoms with Gasteiger partial charge in [-0.3, -0.25) is 14.6 Å². The first-order valence-corrected chi connectivity index (χ1v) is 8.22. The monoisotopic (exact) mass is 394 g/mol. The van der Waals surface area contributed by atoms with Gasteiger partial charge >= 0.3 is 18.0 Å². The van der Waals surface area contributed by atoms with Crippen LogP contribution in [0.3, 0.4) is 0 Å². The number of carboxylic acid groups (broad SMARTS) is 1. The van der Waals surface area contributed by atoms with Crippen LogP contribution < -0.4 is 10.1 Å². The summed E-state index contributed by atoms with van der Waals surface area (Å²) in [6.07, 6.45) is 0. The minimum absolute atomic E-state index is 0.0984. The summed E-state index contributed by atoms with van der Waals surface area (Å²) in [5.41, 5.74) is 0.438. The zero-order chi connectivity index (χ0) is 19.9. The highest BCUT2D eigenvalue weighted by molar-refractivity contribution is 6.31.